The number of ketones is 1. The van der Waals surface area contributed by atoms with Crippen molar-refractivity contribution in [2.45, 2.75) is 38.5 Å². The summed E-state index contributed by atoms with van der Waals surface area (Å²) < 4.78 is 0. The van der Waals surface area contributed by atoms with Crippen molar-refractivity contribution in [2.24, 2.45) is 0 Å². The first-order chi connectivity index (χ1) is 9.75. The number of Topliss-reactive ketones (excluding diaryl/α,β-unsaturated/α-hetero) is 1. The van der Waals surface area contributed by atoms with E-state index in [1.165, 1.54) is 17.5 Å². The van der Waals surface area contributed by atoms with Gasteiger partial charge in [-0.05, 0) is 55.4 Å². The van der Waals surface area contributed by atoms with E-state index in [2.05, 4.69) is 29.2 Å². The molecule has 1 aromatic heterocycles. The molecule has 0 aliphatic heterocycles. The minimum atomic E-state index is 0.220. The number of benzene rings is 1. The third-order valence-electron chi connectivity index (χ3n) is 4.23. The van der Waals surface area contributed by atoms with Gasteiger partial charge >= 0.3 is 0 Å². The Morgan fingerprint density at radius 3 is 2.95 bits per heavy atom. The highest BCUT2D eigenvalue weighted by Crippen LogP contribution is 2.34. The Morgan fingerprint density at radius 2 is 2.10 bits per heavy atom. The van der Waals surface area contributed by atoms with Gasteiger partial charge in [-0.15, -0.1) is 0 Å². The van der Waals surface area contributed by atoms with Gasteiger partial charge < -0.3 is 0 Å². The number of aromatic nitrogens is 1. The highest BCUT2D eigenvalue weighted by molar-refractivity contribution is 5.97. The number of aryl methyl sites for hydroxylation is 2. The van der Waals surface area contributed by atoms with Gasteiger partial charge in [0.15, 0.2) is 5.78 Å². The number of pyridine rings is 1. The lowest BCUT2D eigenvalue weighted by Gasteiger charge is -2.25. The minimum absolute atomic E-state index is 0.220. The number of hydrogen-bond donors (Lipinski definition) is 0. The number of fused-ring (bicyclic) bond motifs is 1. The van der Waals surface area contributed by atoms with Crippen LogP contribution in [-0.2, 0) is 6.42 Å². The molecule has 102 valence electrons. The Bertz CT molecular complexity index is 633. The first-order valence-corrected chi connectivity index (χ1v) is 7.28. The van der Waals surface area contributed by atoms with Crippen molar-refractivity contribution in [1.29, 1.82) is 0 Å². The van der Waals surface area contributed by atoms with E-state index < -0.39 is 0 Å². The summed E-state index contributed by atoms with van der Waals surface area (Å²) in [6, 6.07) is 12.3. The van der Waals surface area contributed by atoms with Gasteiger partial charge in [0.2, 0.25) is 0 Å². The highest BCUT2D eigenvalue weighted by atomic mass is 16.1. The second kappa shape index (κ2) is 5.58. The molecular weight excluding hydrogens is 246 g/mol. The normalized spacial score (nSPS) is 17.6. The van der Waals surface area contributed by atoms with E-state index in [0.29, 0.717) is 12.3 Å². The Hall–Kier alpha value is -1.96. The van der Waals surface area contributed by atoms with Crippen LogP contribution in [0.15, 0.2) is 42.6 Å². The number of carbonyl (C=O) groups is 1. The molecule has 1 aliphatic carbocycles. The van der Waals surface area contributed by atoms with Crippen LogP contribution < -0.4 is 0 Å². The maximum atomic E-state index is 12.5. The summed E-state index contributed by atoms with van der Waals surface area (Å²) >= 11 is 0. The third-order valence-corrected chi connectivity index (χ3v) is 4.23. The summed E-state index contributed by atoms with van der Waals surface area (Å²) in [6.45, 7) is 1.90. The first kappa shape index (κ1) is 13.0. The van der Waals surface area contributed by atoms with Gasteiger partial charge in [0, 0.05) is 23.9 Å². The van der Waals surface area contributed by atoms with Crippen LogP contribution in [0.3, 0.4) is 0 Å². The fourth-order valence-corrected chi connectivity index (χ4v) is 3.18. The van der Waals surface area contributed by atoms with Crippen LogP contribution in [0.1, 0.15) is 52.4 Å². The largest absolute Gasteiger partial charge is 0.294 e. The predicted molar refractivity (Wildman–Crippen MR) is 80.0 cm³/mol. The molecule has 2 aromatic rings. The molecule has 0 saturated heterocycles. The summed E-state index contributed by atoms with van der Waals surface area (Å²) in [6.07, 6.45) is 5.78. The van der Waals surface area contributed by atoms with E-state index in [1.807, 2.05) is 19.1 Å². The van der Waals surface area contributed by atoms with Crippen LogP contribution in [0.2, 0.25) is 0 Å². The van der Waals surface area contributed by atoms with Gasteiger partial charge in [-0.2, -0.15) is 0 Å². The Labute approximate surface area is 119 Å². The number of rotatable bonds is 3. The standard InChI is InChI=1S/C18H19NO/c1-13-16(10-5-11-19-13)18(20)12-15-8-4-7-14-6-2-3-9-17(14)15/h2-3,5-6,9-11,15H,4,7-8,12H2,1H3. The summed E-state index contributed by atoms with van der Waals surface area (Å²) in [5, 5.41) is 0. The summed E-state index contributed by atoms with van der Waals surface area (Å²) in [5.74, 6) is 0.587. The van der Waals surface area contributed by atoms with Gasteiger partial charge in [0.05, 0.1) is 0 Å². The van der Waals surface area contributed by atoms with Crippen molar-refractivity contribution in [3.05, 3.63) is 65.0 Å². The van der Waals surface area contributed by atoms with Crippen molar-refractivity contribution < 1.29 is 4.79 Å². The van der Waals surface area contributed by atoms with Crippen molar-refractivity contribution >= 4 is 5.78 Å². The zero-order chi connectivity index (χ0) is 13.9. The molecule has 1 aromatic carbocycles. The van der Waals surface area contributed by atoms with Crippen LogP contribution in [-0.4, -0.2) is 10.8 Å². The molecule has 0 N–H and O–H groups in total. The Balaban J connectivity index is 1.83. The smallest absolute Gasteiger partial charge is 0.165 e. The van der Waals surface area contributed by atoms with Gasteiger partial charge in [0.1, 0.15) is 0 Å². The zero-order valence-corrected chi connectivity index (χ0v) is 11.8. The number of hydrogen-bond acceptors (Lipinski definition) is 2. The molecule has 3 rings (SSSR count). The third kappa shape index (κ3) is 2.51. The molecule has 1 heterocycles. The maximum absolute atomic E-state index is 12.5. The molecule has 1 unspecified atom stereocenters. The fraction of sp³-hybridized carbons (Fsp3) is 0.333. The van der Waals surface area contributed by atoms with Gasteiger partial charge in [-0.3, -0.25) is 9.78 Å². The van der Waals surface area contributed by atoms with E-state index >= 15 is 0 Å². The van der Waals surface area contributed by atoms with E-state index in [0.717, 1.165) is 24.1 Å². The quantitative estimate of drug-likeness (QED) is 0.783. The molecule has 0 spiro atoms. The van der Waals surface area contributed by atoms with Gasteiger partial charge in [-0.1, -0.05) is 24.3 Å². The molecule has 2 heteroatoms. The topological polar surface area (TPSA) is 30.0 Å². The molecule has 0 radical (unpaired) electrons. The Kier molecular flexibility index (Phi) is 3.64. The molecule has 0 saturated carbocycles. The summed E-state index contributed by atoms with van der Waals surface area (Å²) in [7, 11) is 0. The minimum Gasteiger partial charge on any atom is -0.294 e. The molecule has 0 amide bonds. The van der Waals surface area contributed by atoms with Gasteiger partial charge in [-0.25, -0.2) is 0 Å². The summed E-state index contributed by atoms with van der Waals surface area (Å²) in [5.41, 5.74) is 4.39. The summed E-state index contributed by atoms with van der Waals surface area (Å²) in [4.78, 5) is 16.7. The van der Waals surface area contributed by atoms with Crippen molar-refractivity contribution in [1.82, 2.24) is 4.98 Å². The zero-order valence-electron chi connectivity index (χ0n) is 11.8. The average Bonchev–Trinajstić information content (AvgIpc) is 2.48. The number of nitrogens with zero attached hydrogens (tertiary/aromatic N) is 1. The molecule has 0 bridgehead atoms. The molecule has 2 nitrogen and oxygen atoms in total. The average molecular weight is 265 g/mol. The lowest BCUT2D eigenvalue weighted by Crippen LogP contribution is -2.14. The van der Waals surface area contributed by atoms with Crippen LogP contribution in [0, 0.1) is 6.92 Å². The second-order valence-corrected chi connectivity index (χ2v) is 5.55. The number of carbonyl (C=O) groups excluding carboxylic acids is 1. The van der Waals surface area contributed by atoms with Crippen LogP contribution in [0.25, 0.3) is 0 Å². The van der Waals surface area contributed by atoms with E-state index in [4.69, 9.17) is 0 Å². The van der Waals surface area contributed by atoms with Crippen LogP contribution >= 0.6 is 0 Å². The van der Waals surface area contributed by atoms with E-state index in [1.54, 1.807) is 6.20 Å². The monoisotopic (exact) mass is 265 g/mol. The van der Waals surface area contributed by atoms with Crippen molar-refractivity contribution in [2.75, 3.05) is 0 Å². The molecule has 1 atom stereocenters. The molecule has 0 fully saturated rings. The lowest BCUT2D eigenvalue weighted by molar-refractivity contribution is 0.0970. The SMILES string of the molecule is Cc1ncccc1C(=O)CC1CCCc2ccccc21. The highest BCUT2D eigenvalue weighted by Gasteiger charge is 2.23. The second-order valence-electron chi connectivity index (χ2n) is 5.55. The van der Waals surface area contributed by atoms with E-state index in [-0.39, 0.29) is 5.78 Å². The van der Waals surface area contributed by atoms with Crippen molar-refractivity contribution in [3.63, 3.8) is 0 Å². The van der Waals surface area contributed by atoms with Crippen LogP contribution in [0.4, 0.5) is 0 Å². The lowest BCUT2D eigenvalue weighted by atomic mass is 9.79. The Morgan fingerprint density at radius 1 is 1.25 bits per heavy atom. The van der Waals surface area contributed by atoms with E-state index in [9.17, 15) is 4.79 Å². The van der Waals surface area contributed by atoms with Crippen LogP contribution in [0.5, 0.6) is 0 Å². The van der Waals surface area contributed by atoms with Crippen molar-refractivity contribution in [3.8, 4) is 0 Å². The maximum Gasteiger partial charge on any atom is 0.165 e. The fourth-order valence-electron chi connectivity index (χ4n) is 3.18. The molecule has 1 aliphatic rings. The molecule has 20 heavy (non-hydrogen) atoms. The molecular formula is C18H19NO. The first-order valence-electron chi connectivity index (χ1n) is 7.28. The predicted octanol–water partition coefficient (Wildman–Crippen LogP) is 4.08. The van der Waals surface area contributed by atoms with Gasteiger partial charge in [0.25, 0.3) is 0 Å².